The van der Waals surface area contributed by atoms with Crippen LogP contribution < -0.4 is 4.74 Å². The summed E-state index contributed by atoms with van der Waals surface area (Å²) in [6.45, 7) is 2.42. The van der Waals surface area contributed by atoms with E-state index in [0.29, 0.717) is 5.92 Å². The van der Waals surface area contributed by atoms with Crippen LogP contribution >= 0.6 is 0 Å². The number of benzene rings is 2. The van der Waals surface area contributed by atoms with Crippen LogP contribution in [0.4, 0.5) is 26.3 Å². The standard InChI is InChI=1S/C25H24F6O/c1-2-3-4-5-16-6-8-17(9-7-16)15-32-19-12-18-13-21(26)20(10-11-25(29,30)31)24(28)23(18)22(27)14-19/h8,12-14,16H,2-7,9,15H2,1H3. The first-order valence-electron chi connectivity index (χ1n) is 10.7. The molecule has 172 valence electrons. The SMILES string of the molecule is CCCCCC1CC=C(COc2cc(F)c3c(F)c(C#CC(F)(F)F)c(F)cc3c2)CC1. The number of unbranched alkanes of at least 4 members (excludes halogenated alkanes) is 2. The van der Waals surface area contributed by atoms with Crippen molar-refractivity contribution < 1.29 is 31.1 Å². The maximum Gasteiger partial charge on any atom is 0.458 e. The predicted molar refractivity (Wildman–Crippen MR) is 112 cm³/mol. The predicted octanol–water partition coefficient (Wildman–Crippen LogP) is 7.86. The topological polar surface area (TPSA) is 9.23 Å². The van der Waals surface area contributed by atoms with Crippen LogP contribution in [0, 0.1) is 35.2 Å². The highest BCUT2D eigenvalue weighted by molar-refractivity contribution is 5.87. The van der Waals surface area contributed by atoms with Crippen LogP contribution in [0.1, 0.15) is 57.4 Å². The number of halogens is 6. The molecule has 0 heterocycles. The van der Waals surface area contributed by atoms with Gasteiger partial charge < -0.3 is 4.74 Å². The maximum atomic E-state index is 14.5. The van der Waals surface area contributed by atoms with E-state index >= 15 is 0 Å². The molecule has 1 aliphatic rings. The van der Waals surface area contributed by atoms with Crippen molar-refractivity contribution in [2.75, 3.05) is 6.61 Å². The summed E-state index contributed by atoms with van der Waals surface area (Å²) in [7, 11) is 0. The van der Waals surface area contributed by atoms with Crippen LogP contribution in [0.2, 0.25) is 0 Å². The van der Waals surface area contributed by atoms with Gasteiger partial charge in [0.1, 0.15) is 24.0 Å². The Morgan fingerprint density at radius 3 is 2.50 bits per heavy atom. The Morgan fingerprint density at radius 2 is 1.84 bits per heavy atom. The molecule has 0 amide bonds. The molecule has 0 bridgehead atoms. The highest BCUT2D eigenvalue weighted by Crippen LogP contribution is 2.32. The van der Waals surface area contributed by atoms with Crippen LogP contribution in [0.5, 0.6) is 5.75 Å². The summed E-state index contributed by atoms with van der Waals surface area (Å²) < 4.78 is 85.7. The van der Waals surface area contributed by atoms with Gasteiger partial charge >= 0.3 is 6.18 Å². The zero-order chi connectivity index (χ0) is 23.3. The van der Waals surface area contributed by atoms with E-state index in [4.69, 9.17) is 4.74 Å². The number of rotatable bonds is 7. The van der Waals surface area contributed by atoms with Crippen LogP contribution in [0.15, 0.2) is 29.8 Å². The van der Waals surface area contributed by atoms with E-state index in [-0.39, 0.29) is 17.7 Å². The molecular formula is C25H24F6O. The first kappa shape index (κ1) is 24.0. The third-order valence-electron chi connectivity index (χ3n) is 5.64. The first-order valence-corrected chi connectivity index (χ1v) is 10.7. The molecule has 1 atom stereocenters. The number of fused-ring (bicyclic) bond motifs is 1. The van der Waals surface area contributed by atoms with Gasteiger partial charge in [-0.05, 0) is 48.3 Å². The third kappa shape index (κ3) is 6.21. The van der Waals surface area contributed by atoms with Crippen LogP contribution in [-0.2, 0) is 0 Å². The normalized spacial score (nSPS) is 16.5. The summed E-state index contributed by atoms with van der Waals surface area (Å²) in [5.74, 6) is -0.843. The van der Waals surface area contributed by atoms with Crippen molar-refractivity contribution in [1.82, 2.24) is 0 Å². The molecule has 0 aliphatic heterocycles. The molecular weight excluding hydrogens is 430 g/mol. The van der Waals surface area contributed by atoms with Crippen molar-refractivity contribution >= 4 is 10.8 Å². The Morgan fingerprint density at radius 1 is 1.06 bits per heavy atom. The number of allylic oxidation sites excluding steroid dienone is 1. The van der Waals surface area contributed by atoms with Crippen molar-refractivity contribution in [2.45, 2.75) is 58.0 Å². The Balaban J connectivity index is 1.74. The molecule has 0 spiro atoms. The molecule has 1 aliphatic carbocycles. The zero-order valence-electron chi connectivity index (χ0n) is 17.7. The minimum atomic E-state index is -4.92. The largest absolute Gasteiger partial charge is 0.489 e. The smallest absolute Gasteiger partial charge is 0.458 e. The van der Waals surface area contributed by atoms with Gasteiger partial charge in [0, 0.05) is 12.0 Å². The average Bonchev–Trinajstić information content (AvgIpc) is 2.72. The second kappa shape index (κ2) is 10.3. The minimum Gasteiger partial charge on any atom is -0.489 e. The summed E-state index contributed by atoms with van der Waals surface area (Å²) in [6, 6.07) is 2.97. The molecule has 2 aromatic carbocycles. The summed E-state index contributed by atoms with van der Waals surface area (Å²) >= 11 is 0. The van der Waals surface area contributed by atoms with Crippen molar-refractivity contribution in [1.29, 1.82) is 0 Å². The van der Waals surface area contributed by atoms with E-state index in [0.717, 1.165) is 42.9 Å². The molecule has 32 heavy (non-hydrogen) atoms. The lowest BCUT2D eigenvalue weighted by molar-refractivity contribution is -0.0696. The van der Waals surface area contributed by atoms with Gasteiger partial charge in [-0.15, -0.1) is 0 Å². The van der Waals surface area contributed by atoms with Gasteiger partial charge in [-0.3, -0.25) is 0 Å². The number of alkyl halides is 3. The minimum absolute atomic E-state index is 0.0916. The molecule has 3 rings (SSSR count). The summed E-state index contributed by atoms with van der Waals surface area (Å²) in [4.78, 5) is 0. The van der Waals surface area contributed by atoms with E-state index in [1.807, 2.05) is 0 Å². The molecule has 0 fully saturated rings. The van der Waals surface area contributed by atoms with E-state index in [1.54, 1.807) is 0 Å². The van der Waals surface area contributed by atoms with Crippen molar-refractivity contribution in [3.05, 3.63) is 52.9 Å². The molecule has 1 nitrogen and oxygen atoms in total. The van der Waals surface area contributed by atoms with E-state index in [2.05, 4.69) is 13.0 Å². The fourth-order valence-electron chi connectivity index (χ4n) is 3.91. The summed E-state index contributed by atoms with van der Waals surface area (Å²) in [5, 5.41) is -0.779. The number of ether oxygens (including phenoxy) is 1. The van der Waals surface area contributed by atoms with Gasteiger partial charge in [0.15, 0.2) is 5.82 Å². The number of hydrogen-bond acceptors (Lipinski definition) is 1. The highest BCUT2D eigenvalue weighted by atomic mass is 19.4. The quantitative estimate of drug-likeness (QED) is 0.179. The van der Waals surface area contributed by atoms with Crippen LogP contribution in [0.3, 0.4) is 0 Å². The average molecular weight is 454 g/mol. The second-order valence-corrected chi connectivity index (χ2v) is 8.09. The third-order valence-corrected chi connectivity index (χ3v) is 5.64. The highest BCUT2D eigenvalue weighted by Gasteiger charge is 2.24. The van der Waals surface area contributed by atoms with Crippen LogP contribution in [0.25, 0.3) is 10.8 Å². The lowest BCUT2D eigenvalue weighted by atomic mass is 9.86. The second-order valence-electron chi connectivity index (χ2n) is 8.09. The van der Waals surface area contributed by atoms with Gasteiger partial charge in [0.25, 0.3) is 0 Å². The Labute approximate surface area is 183 Å². The first-order chi connectivity index (χ1) is 15.2. The Bertz CT molecular complexity index is 1060. The molecule has 7 heteroatoms. The van der Waals surface area contributed by atoms with Gasteiger partial charge in [-0.2, -0.15) is 13.2 Å². The number of hydrogen-bond donors (Lipinski definition) is 0. The van der Waals surface area contributed by atoms with Crippen molar-refractivity contribution in [3.8, 4) is 17.6 Å². The van der Waals surface area contributed by atoms with Crippen molar-refractivity contribution in [3.63, 3.8) is 0 Å². The summed E-state index contributed by atoms with van der Waals surface area (Å²) in [6.07, 6.45) is 5.03. The Hall–Kier alpha value is -2.62. The van der Waals surface area contributed by atoms with E-state index in [9.17, 15) is 26.3 Å². The Kier molecular flexibility index (Phi) is 7.76. The molecule has 2 aromatic rings. The lowest BCUT2D eigenvalue weighted by Crippen LogP contribution is -2.10. The molecule has 0 N–H and O–H groups in total. The zero-order valence-corrected chi connectivity index (χ0v) is 17.7. The fourth-order valence-corrected chi connectivity index (χ4v) is 3.91. The molecule has 0 saturated heterocycles. The van der Waals surface area contributed by atoms with Gasteiger partial charge in [0.05, 0.1) is 10.9 Å². The summed E-state index contributed by atoms with van der Waals surface area (Å²) in [5.41, 5.74) is -0.0318. The van der Waals surface area contributed by atoms with E-state index in [1.165, 1.54) is 37.7 Å². The molecule has 0 radical (unpaired) electrons. The van der Waals surface area contributed by atoms with Crippen LogP contribution in [-0.4, -0.2) is 12.8 Å². The monoisotopic (exact) mass is 454 g/mol. The fraction of sp³-hybridized carbons (Fsp3) is 0.440. The molecule has 0 aromatic heterocycles. The molecule has 0 saturated carbocycles. The van der Waals surface area contributed by atoms with Crippen molar-refractivity contribution in [2.24, 2.45) is 5.92 Å². The van der Waals surface area contributed by atoms with E-state index < -0.39 is 34.6 Å². The van der Waals surface area contributed by atoms with Gasteiger partial charge in [-0.1, -0.05) is 44.6 Å². The molecule has 1 unspecified atom stereocenters. The van der Waals surface area contributed by atoms with Gasteiger partial charge in [-0.25, -0.2) is 13.2 Å². The van der Waals surface area contributed by atoms with Gasteiger partial charge in [0.2, 0.25) is 0 Å². The lowest BCUT2D eigenvalue weighted by Gasteiger charge is -2.22. The maximum absolute atomic E-state index is 14.5.